The second-order valence-electron chi connectivity index (χ2n) is 6.30. The maximum Gasteiger partial charge on any atom is 0.344 e. The number of halogens is 1. The summed E-state index contributed by atoms with van der Waals surface area (Å²) in [5.74, 6) is -0.502. The lowest BCUT2D eigenvalue weighted by atomic mass is 10.1. The van der Waals surface area contributed by atoms with E-state index >= 15 is 0 Å². The topological polar surface area (TPSA) is 72.6 Å². The number of rotatable bonds is 5. The van der Waals surface area contributed by atoms with Crippen LogP contribution in [0.2, 0.25) is 0 Å². The van der Waals surface area contributed by atoms with Crippen molar-refractivity contribution < 1.29 is 23.2 Å². The number of aryl methyl sites for hydroxylation is 1. The normalized spacial score (nSPS) is 15.0. The number of carbonyl (C=O) groups excluding carboxylic acids is 2. The molecule has 26 heavy (non-hydrogen) atoms. The number of likely N-dealkylation sites (tertiary alicyclic amines) is 1. The van der Waals surface area contributed by atoms with Crippen molar-refractivity contribution in [2.45, 2.75) is 32.6 Å². The van der Waals surface area contributed by atoms with Gasteiger partial charge in [0.25, 0.3) is 0 Å². The van der Waals surface area contributed by atoms with Gasteiger partial charge in [0.1, 0.15) is 29.4 Å². The number of esters is 1. The van der Waals surface area contributed by atoms with Crippen LogP contribution in [0, 0.1) is 12.7 Å². The number of carbonyl (C=O) groups is 2. The lowest BCUT2D eigenvalue weighted by molar-refractivity contribution is -0.131. The minimum absolute atomic E-state index is 0.103. The highest BCUT2D eigenvalue weighted by Gasteiger charge is 2.24. The Kier molecular flexibility index (Phi) is 5.65. The van der Waals surface area contributed by atoms with Crippen molar-refractivity contribution in [3.05, 3.63) is 41.4 Å². The summed E-state index contributed by atoms with van der Waals surface area (Å²) in [4.78, 5) is 26.2. The van der Waals surface area contributed by atoms with Crippen LogP contribution in [0.15, 0.2) is 28.8 Å². The van der Waals surface area contributed by atoms with Gasteiger partial charge in [-0.1, -0.05) is 11.6 Å². The van der Waals surface area contributed by atoms with Gasteiger partial charge in [0.05, 0.1) is 6.54 Å². The van der Waals surface area contributed by atoms with Crippen LogP contribution in [-0.2, 0) is 9.53 Å². The SMILES string of the molecule is Cc1onc(-c2ccc(F)cc2)c1C(=O)OCCN1CCCCCC1=O. The third kappa shape index (κ3) is 4.09. The van der Waals surface area contributed by atoms with Crippen LogP contribution >= 0.6 is 0 Å². The summed E-state index contributed by atoms with van der Waals surface area (Å²) in [6, 6.07) is 5.64. The van der Waals surface area contributed by atoms with Gasteiger partial charge < -0.3 is 14.2 Å². The molecule has 0 bridgehead atoms. The molecule has 1 aliphatic heterocycles. The van der Waals surface area contributed by atoms with Crippen LogP contribution in [0.3, 0.4) is 0 Å². The molecule has 1 amide bonds. The average molecular weight is 360 g/mol. The van der Waals surface area contributed by atoms with Crippen molar-refractivity contribution in [2.24, 2.45) is 0 Å². The molecule has 1 aromatic heterocycles. The summed E-state index contributed by atoms with van der Waals surface area (Å²) in [5.41, 5.74) is 1.11. The van der Waals surface area contributed by atoms with E-state index in [1.165, 1.54) is 24.3 Å². The van der Waals surface area contributed by atoms with E-state index in [0.717, 1.165) is 19.3 Å². The van der Waals surface area contributed by atoms with Crippen molar-refractivity contribution in [1.29, 1.82) is 0 Å². The van der Waals surface area contributed by atoms with Gasteiger partial charge in [-0.25, -0.2) is 9.18 Å². The predicted octanol–water partition coefficient (Wildman–Crippen LogP) is 3.35. The lowest BCUT2D eigenvalue weighted by Crippen LogP contribution is -2.33. The molecule has 1 fully saturated rings. The van der Waals surface area contributed by atoms with E-state index in [0.29, 0.717) is 36.5 Å². The van der Waals surface area contributed by atoms with Gasteiger partial charge in [-0.3, -0.25) is 4.79 Å². The van der Waals surface area contributed by atoms with Gasteiger partial charge in [-0.05, 0) is 44.0 Å². The molecule has 0 spiro atoms. The molecule has 2 heterocycles. The maximum absolute atomic E-state index is 13.1. The Labute approximate surface area is 150 Å². The zero-order chi connectivity index (χ0) is 18.5. The van der Waals surface area contributed by atoms with E-state index in [4.69, 9.17) is 9.26 Å². The molecule has 138 valence electrons. The highest BCUT2D eigenvalue weighted by atomic mass is 19.1. The van der Waals surface area contributed by atoms with Gasteiger partial charge in [0.15, 0.2) is 0 Å². The third-order valence-corrected chi connectivity index (χ3v) is 4.45. The zero-order valence-corrected chi connectivity index (χ0v) is 14.7. The van der Waals surface area contributed by atoms with E-state index in [9.17, 15) is 14.0 Å². The standard InChI is InChI=1S/C19H21FN2O4/c1-13-17(18(21-26-13)14-6-8-15(20)9-7-14)19(24)25-12-11-22-10-4-2-3-5-16(22)23/h6-9H,2-5,10-12H2,1H3. The molecule has 2 aromatic rings. The summed E-state index contributed by atoms with van der Waals surface area (Å²) < 4.78 is 23.6. The van der Waals surface area contributed by atoms with Gasteiger partial charge in [-0.2, -0.15) is 0 Å². The van der Waals surface area contributed by atoms with Crippen molar-refractivity contribution >= 4 is 11.9 Å². The molecular formula is C19H21FN2O4. The van der Waals surface area contributed by atoms with Crippen LogP contribution in [-0.4, -0.2) is 41.6 Å². The fraction of sp³-hybridized carbons (Fsp3) is 0.421. The van der Waals surface area contributed by atoms with E-state index < -0.39 is 5.97 Å². The largest absolute Gasteiger partial charge is 0.460 e. The monoisotopic (exact) mass is 360 g/mol. The smallest absolute Gasteiger partial charge is 0.344 e. The highest BCUT2D eigenvalue weighted by Crippen LogP contribution is 2.26. The Bertz CT molecular complexity index is 785. The number of hydrogen-bond acceptors (Lipinski definition) is 5. The van der Waals surface area contributed by atoms with Crippen molar-refractivity contribution in [3.8, 4) is 11.3 Å². The number of hydrogen-bond donors (Lipinski definition) is 0. The molecule has 1 aromatic carbocycles. The molecule has 1 saturated heterocycles. The third-order valence-electron chi connectivity index (χ3n) is 4.45. The average Bonchev–Trinajstić information content (AvgIpc) is 2.89. The lowest BCUT2D eigenvalue weighted by Gasteiger charge is -2.20. The first-order valence-corrected chi connectivity index (χ1v) is 8.73. The van der Waals surface area contributed by atoms with Crippen LogP contribution in [0.5, 0.6) is 0 Å². The van der Waals surface area contributed by atoms with Crippen molar-refractivity contribution in [1.82, 2.24) is 10.1 Å². The first kappa shape index (κ1) is 18.1. The Morgan fingerprint density at radius 2 is 2.04 bits per heavy atom. The minimum Gasteiger partial charge on any atom is -0.460 e. The quantitative estimate of drug-likeness (QED) is 0.765. The van der Waals surface area contributed by atoms with Crippen molar-refractivity contribution in [2.75, 3.05) is 19.7 Å². The molecule has 6 nitrogen and oxygen atoms in total. The van der Waals surface area contributed by atoms with E-state index in [2.05, 4.69) is 5.16 Å². The summed E-state index contributed by atoms with van der Waals surface area (Å²) in [6.07, 6.45) is 3.48. The van der Waals surface area contributed by atoms with E-state index in [-0.39, 0.29) is 23.9 Å². The number of benzene rings is 1. The van der Waals surface area contributed by atoms with Crippen LogP contribution < -0.4 is 0 Å². The summed E-state index contributed by atoms with van der Waals surface area (Å²) in [7, 11) is 0. The zero-order valence-electron chi connectivity index (χ0n) is 14.7. The van der Waals surface area contributed by atoms with Gasteiger partial charge >= 0.3 is 5.97 Å². The fourth-order valence-electron chi connectivity index (χ4n) is 3.01. The molecule has 0 saturated carbocycles. The van der Waals surface area contributed by atoms with E-state index in [1.54, 1.807) is 11.8 Å². The second kappa shape index (κ2) is 8.12. The molecule has 7 heteroatoms. The van der Waals surface area contributed by atoms with Crippen molar-refractivity contribution in [3.63, 3.8) is 0 Å². The molecule has 0 N–H and O–H groups in total. The number of amides is 1. The predicted molar refractivity (Wildman–Crippen MR) is 92.0 cm³/mol. The Hall–Kier alpha value is -2.70. The summed E-state index contributed by atoms with van der Waals surface area (Å²) >= 11 is 0. The molecule has 0 aliphatic carbocycles. The van der Waals surface area contributed by atoms with Crippen LogP contribution in [0.25, 0.3) is 11.3 Å². The molecular weight excluding hydrogens is 339 g/mol. The molecule has 3 rings (SSSR count). The first-order valence-electron chi connectivity index (χ1n) is 8.73. The van der Waals surface area contributed by atoms with Crippen LogP contribution in [0.1, 0.15) is 41.8 Å². The van der Waals surface area contributed by atoms with Gasteiger partial charge in [0, 0.05) is 18.5 Å². The second-order valence-corrected chi connectivity index (χ2v) is 6.30. The Morgan fingerprint density at radius 3 is 2.81 bits per heavy atom. The molecule has 1 aliphatic rings. The fourth-order valence-corrected chi connectivity index (χ4v) is 3.01. The number of aromatic nitrogens is 1. The Morgan fingerprint density at radius 1 is 1.27 bits per heavy atom. The number of ether oxygens (including phenoxy) is 1. The first-order chi connectivity index (χ1) is 12.6. The summed E-state index contributed by atoms with van der Waals surface area (Å²) in [6.45, 7) is 2.80. The highest BCUT2D eigenvalue weighted by molar-refractivity contribution is 5.97. The number of nitrogens with zero attached hydrogens (tertiary/aromatic N) is 2. The Balaban J connectivity index is 1.65. The molecule has 0 radical (unpaired) electrons. The maximum atomic E-state index is 13.1. The molecule has 0 unspecified atom stereocenters. The molecule has 0 atom stereocenters. The van der Waals surface area contributed by atoms with Gasteiger partial charge in [0.2, 0.25) is 5.91 Å². The van der Waals surface area contributed by atoms with E-state index in [1.807, 2.05) is 0 Å². The summed E-state index contributed by atoms with van der Waals surface area (Å²) in [5, 5.41) is 3.90. The van der Waals surface area contributed by atoms with Gasteiger partial charge in [-0.15, -0.1) is 0 Å². The van der Waals surface area contributed by atoms with Crippen LogP contribution in [0.4, 0.5) is 4.39 Å². The minimum atomic E-state index is -0.564.